The molecule has 0 unspecified atom stereocenters. The average molecular weight is 266 g/mol. The van der Waals surface area contributed by atoms with Crippen LogP contribution < -0.4 is 5.43 Å². The highest BCUT2D eigenvalue weighted by molar-refractivity contribution is 5.89. The smallest absolute Gasteiger partial charge is 0.357 e. The molecule has 1 heterocycles. The van der Waals surface area contributed by atoms with E-state index in [4.69, 9.17) is 9.47 Å². The van der Waals surface area contributed by atoms with Gasteiger partial charge in [-0.05, 0) is 32.4 Å². The van der Waals surface area contributed by atoms with Gasteiger partial charge in [-0.1, -0.05) is 0 Å². The molecule has 0 fully saturated rings. The standard InChI is InChI=1S/C13H18N2O4/c1-4-18-11(16)6-8-14-15-9-7-10(3)12(15)13(17)19-5-2/h6-9,14H,4-5H2,1-3H3/b8-6+. The van der Waals surface area contributed by atoms with Crippen molar-refractivity contribution in [3.63, 3.8) is 0 Å². The van der Waals surface area contributed by atoms with Crippen LogP contribution in [0, 0.1) is 6.92 Å². The highest BCUT2D eigenvalue weighted by atomic mass is 16.5. The van der Waals surface area contributed by atoms with Crippen molar-refractivity contribution in [2.24, 2.45) is 0 Å². The third kappa shape index (κ3) is 4.17. The van der Waals surface area contributed by atoms with Gasteiger partial charge in [-0.25, -0.2) is 9.59 Å². The highest BCUT2D eigenvalue weighted by Gasteiger charge is 2.15. The number of hydrogen-bond acceptors (Lipinski definition) is 5. The number of nitrogens with one attached hydrogen (secondary N) is 1. The lowest BCUT2D eigenvalue weighted by Crippen LogP contribution is -2.18. The third-order valence-electron chi connectivity index (χ3n) is 2.28. The van der Waals surface area contributed by atoms with Crippen LogP contribution in [0.15, 0.2) is 24.5 Å². The molecule has 0 aliphatic heterocycles. The summed E-state index contributed by atoms with van der Waals surface area (Å²) < 4.78 is 11.2. The highest BCUT2D eigenvalue weighted by Crippen LogP contribution is 2.10. The summed E-state index contributed by atoms with van der Waals surface area (Å²) in [4.78, 5) is 22.9. The Morgan fingerprint density at radius 2 is 2.00 bits per heavy atom. The summed E-state index contributed by atoms with van der Waals surface area (Å²) in [5.41, 5.74) is 3.98. The Hall–Kier alpha value is -2.24. The molecular formula is C13H18N2O4. The quantitative estimate of drug-likeness (QED) is 0.625. The summed E-state index contributed by atoms with van der Waals surface area (Å²) >= 11 is 0. The second-order valence-corrected chi connectivity index (χ2v) is 3.65. The second kappa shape index (κ2) is 7.25. The van der Waals surface area contributed by atoms with Crippen LogP contribution in [0.3, 0.4) is 0 Å². The molecule has 1 aromatic heterocycles. The molecule has 0 radical (unpaired) electrons. The van der Waals surface area contributed by atoms with Crippen molar-refractivity contribution in [3.05, 3.63) is 35.8 Å². The lowest BCUT2D eigenvalue weighted by Gasteiger charge is -2.08. The molecule has 0 saturated heterocycles. The van der Waals surface area contributed by atoms with Crippen molar-refractivity contribution < 1.29 is 19.1 Å². The summed E-state index contributed by atoms with van der Waals surface area (Å²) in [5, 5.41) is 0. The number of nitrogens with zero attached hydrogens (tertiary/aromatic N) is 1. The first kappa shape index (κ1) is 14.8. The van der Waals surface area contributed by atoms with Crippen molar-refractivity contribution in [2.75, 3.05) is 18.6 Å². The van der Waals surface area contributed by atoms with Crippen LogP contribution in [0.2, 0.25) is 0 Å². The maximum Gasteiger partial charge on any atom is 0.357 e. The topological polar surface area (TPSA) is 69.6 Å². The molecule has 19 heavy (non-hydrogen) atoms. The molecule has 104 valence electrons. The van der Waals surface area contributed by atoms with Crippen LogP contribution in [0.25, 0.3) is 0 Å². The zero-order valence-electron chi connectivity index (χ0n) is 11.3. The zero-order valence-corrected chi connectivity index (χ0v) is 11.3. The fraction of sp³-hybridized carbons (Fsp3) is 0.385. The van der Waals surface area contributed by atoms with E-state index < -0.39 is 11.9 Å². The van der Waals surface area contributed by atoms with Crippen molar-refractivity contribution in [1.82, 2.24) is 4.68 Å². The monoisotopic (exact) mass is 266 g/mol. The molecule has 0 aromatic carbocycles. The van der Waals surface area contributed by atoms with Crippen LogP contribution in [0.5, 0.6) is 0 Å². The molecule has 6 nitrogen and oxygen atoms in total. The Labute approximate surface area is 112 Å². The fourth-order valence-electron chi connectivity index (χ4n) is 1.47. The van der Waals surface area contributed by atoms with Gasteiger partial charge in [0.1, 0.15) is 0 Å². The van der Waals surface area contributed by atoms with Crippen LogP contribution in [-0.2, 0) is 14.3 Å². The Balaban J connectivity index is 2.74. The SMILES string of the molecule is CCOC(=O)/C=C/Nn1ccc(C)c1C(=O)OCC. The first-order valence-corrected chi connectivity index (χ1v) is 6.05. The van der Waals surface area contributed by atoms with E-state index in [9.17, 15) is 9.59 Å². The summed E-state index contributed by atoms with van der Waals surface area (Å²) in [7, 11) is 0. The summed E-state index contributed by atoms with van der Waals surface area (Å²) in [6, 6.07) is 1.78. The summed E-state index contributed by atoms with van der Waals surface area (Å²) in [6.45, 7) is 5.91. The molecule has 0 bridgehead atoms. The van der Waals surface area contributed by atoms with Gasteiger partial charge >= 0.3 is 11.9 Å². The molecule has 0 amide bonds. The van der Waals surface area contributed by atoms with Gasteiger partial charge in [0.15, 0.2) is 5.69 Å². The van der Waals surface area contributed by atoms with E-state index in [0.29, 0.717) is 18.9 Å². The van der Waals surface area contributed by atoms with Crippen molar-refractivity contribution in [3.8, 4) is 0 Å². The van der Waals surface area contributed by atoms with Crippen LogP contribution >= 0.6 is 0 Å². The lowest BCUT2D eigenvalue weighted by molar-refractivity contribution is -0.137. The van der Waals surface area contributed by atoms with Crippen LogP contribution in [0.4, 0.5) is 0 Å². The Kier molecular flexibility index (Phi) is 5.66. The van der Waals surface area contributed by atoms with Crippen molar-refractivity contribution >= 4 is 11.9 Å². The molecule has 0 aliphatic carbocycles. The van der Waals surface area contributed by atoms with E-state index in [-0.39, 0.29) is 0 Å². The molecule has 1 aromatic rings. The number of rotatable bonds is 6. The maximum absolute atomic E-state index is 11.7. The van der Waals surface area contributed by atoms with Gasteiger partial charge in [0.05, 0.1) is 13.2 Å². The largest absolute Gasteiger partial charge is 0.463 e. The zero-order chi connectivity index (χ0) is 14.3. The van der Waals surface area contributed by atoms with Crippen LogP contribution in [0.1, 0.15) is 29.9 Å². The lowest BCUT2D eigenvalue weighted by atomic mass is 10.3. The molecule has 6 heteroatoms. The first-order valence-electron chi connectivity index (χ1n) is 6.05. The number of carbonyl (C=O) groups is 2. The van der Waals surface area contributed by atoms with E-state index in [1.54, 1.807) is 33.0 Å². The van der Waals surface area contributed by atoms with Crippen molar-refractivity contribution in [2.45, 2.75) is 20.8 Å². The van der Waals surface area contributed by atoms with Crippen LogP contribution in [-0.4, -0.2) is 29.8 Å². The Bertz CT molecular complexity index is 477. The van der Waals surface area contributed by atoms with Gasteiger partial charge < -0.3 is 14.9 Å². The van der Waals surface area contributed by atoms with Gasteiger partial charge in [-0.2, -0.15) is 0 Å². The Morgan fingerprint density at radius 1 is 1.32 bits per heavy atom. The molecule has 1 rings (SSSR count). The minimum Gasteiger partial charge on any atom is -0.463 e. The Morgan fingerprint density at radius 3 is 2.63 bits per heavy atom. The van der Waals surface area contributed by atoms with Gasteiger partial charge in [0, 0.05) is 18.5 Å². The minimum absolute atomic E-state index is 0.308. The van der Waals surface area contributed by atoms with E-state index >= 15 is 0 Å². The molecule has 0 saturated carbocycles. The summed E-state index contributed by atoms with van der Waals surface area (Å²) in [5.74, 6) is -0.862. The normalized spacial score (nSPS) is 10.5. The molecule has 1 N–H and O–H groups in total. The van der Waals surface area contributed by atoms with Crippen molar-refractivity contribution in [1.29, 1.82) is 0 Å². The summed E-state index contributed by atoms with van der Waals surface area (Å²) in [6.07, 6.45) is 4.32. The fourth-order valence-corrected chi connectivity index (χ4v) is 1.47. The predicted octanol–water partition coefficient (Wildman–Crippen LogP) is 1.59. The molecule has 0 spiro atoms. The van der Waals surface area contributed by atoms with Gasteiger partial charge in [-0.3, -0.25) is 4.68 Å². The molecular weight excluding hydrogens is 248 g/mol. The first-order chi connectivity index (χ1) is 9.10. The van der Waals surface area contributed by atoms with Gasteiger partial charge in [-0.15, -0.1) is 0 Å². The number of esters is 2. The molecule has 0 atom stereocenters. The van der Waals surface area contributed by atoms with Gasteiger partial charge in [0.25, 0.3) is 0 Å². The van der Waals surface area contributed by atoms with Gasteiger partial charge in [0.2, 0.25) is 0 Å². The van der Waals surface area contributed by atoms with E-state index in [0.717, 1.165) is 5.56 Å². The second-order valence-electron chi connectivity index (χ2n) is 3.65. The number of aryl methyl sites for hydroxylation is 1. The average Bonchev–Trinajstić information content (AvgIpc) is 2.71. The number of carbonyl (C=O) groups excluding carboxylic acids is 2. The van der Waals surface area contributed by atoms with E-state index in [1.807, 2.05) is 0 Å². The predicted molar refractivity (Wildman–Crippen MR) is 70.3 cm³/mol. The van der Waals surface area contributed by atoms with E-state index in [2.05, 4.69) is 5.43 Å². The number of ether oxygens (including phenoxy) is 2. The van der Waals surface area contributed by atoms with E-state index in [1.165, 1.54) is 17.0 Å². The minimum atomic E-state index is -0.448. The third-order valence-corrected chi connectivity index (χ3v) is 2.28. The number of aromatic nitrogens is 1. The number of hydrogen-bond donors (Lipinski definition) is 1. The molecule has 0 aliphatic rings. The maximum atomic E-state index is 11.7.